The maximum absolute atomic E-state index is 10.9. The number of ketones is 1. The van der Waals surface area contributed by atoms with E-state index in [1.165, 1.54) is 13.0 Å². The molecule has 0 amide bonds. The molecule has 0 saturated carbocycles. The van der Waals surface area contributed by atoms with Crippen LogP contribution in [-0.4, -0.2) is 19.5 Å². The third-order valence-electron chi connectivity index (χ3n) is 2.27. The fraction of sp³-hybridized carbons (Fsp3) is 0.400. The Hall–Kier alpha value is -1.77. The number of benzene rings is 1. The van der Waals surface area contributed by atoms with Crippen molar-refractivity contribution in [2.75, 3.05) is 13.7 Å². The summed E-state index contributed by atoms with van der Waals surface area (Å²) < 4.78 is 10.9. The van der Waals surface area contributed by atoms with Crippen molar-refractivity contribution in [1.82, 2.24) is 0 Å². The van der Waals surface area contributed by atoms with E-state index in [1.54, 1.807) is 13.2 Å². The van der Waals surface area contributed by atoms with Gasteiger partial charge in [0, 0.05) is 0 Å². The van der Waals surface area contributed by atoms with Crippen LogP contribution in [-0.2, 0) is 4.79 Å². The summed E-state index contributed by atoms with van der Waals surface area (Å²) in [4.78, 5) is 10.9. The molecule has 0 bridgehead atoms. The molecule has 0 unspecified atom stereocenters. The molecule has 1 aromatic carbocycles. The topological polar surface area (TPSA) is 35.5 Å². The fourth-order valence-electron chi connectivity index (χ4n) is 1.38. The second-order valence-corrected chi connectivity index (χ2v) is 4.56. The first-order valence-electron chi connectivity index (χ1n) is 6.02. The molecule has 98 valence electrons. The lowest BCUT2D eigenvalue weighted by atomic mass is 10.1. The number of hydrogen-bond donors (Lipinski definition) is 0. The first kappa shape index (κ1) is 14.3. The normalized spacial score (nSPS) is 10.9. The molecule has 0 heterocycles. The van der Waals surface area contributed by atoms with E-state index in [4.69, 9.17) is 9.47 Å². The summed E-state index contributed by atoms with van der Waals surface area (Å²) in [6, 6.07) is 5.62. The van der Waals surface area contributed by atoms with Crippen molar-refractivity contribution in [3.8, 4) is 11.5 Å². The molecule has 0 spiro atoms. The fourth-order valence-corrected chi connectivity index (χ4v) is 1.38. The van der Waals surface area contributed by atoms with Crippen LogP contribution in [0.4, 0.5) is 0 Å². The van der Waals surface area contributed by atoms with E-state index in [0.29, 0.717) is 18.3 Å². The van der Waals surface area contributed by atoms with Gasteiger partial charge in [-0.05, 0) is 36.6 Å². The van der Waals surface area contributed by atoms with Gasteiger partial charge in [-0.25, -0.2) is 0 Å². The SMILES string of the molecule is COc1cc(/C=C/C(C)=O)ccc1OCC(C)C. The van der Waals surface area contributed by atoms with Crippen molar-refractivity contribution in [2.45, 2.75) is 20.8 Å². The van der Waals surface area contributed by atoms with Crippen LogP contribution in [0.1, 0.15) is 26.3 Å². The Morgan fingerprint density at radius 3 is 2.61 bits per heavy atom. The van der Waals surface area contributed by atoms with Crippen molar-refractivity contribution >= 4 is 11.9 Å². The summed E-state index contributed by atoms with van der Waals surface area (Å²) in [5.74, 6) is 1.90. The minimum Gasteiger partial charge on any atom is -0.493 e. The number of carbonyl (C=O) groups excluding carboxylic acids is 1. The van der Waals surface area contributed by atoms with Crippen LogP contribution >= 0.6 is 0 Å². The maximum Gasteiger partial charge on any atom is 0.161 e. The van der Waals surface area contributed by atoms with Gasteiger partial charge in [0.15, 0.2) is 17.3 Å². The van der Waals surface area contributed by atoms with Crippen LogP contribution in [0.3, 0.4) is 0 Å². The van der Waals surface area contributed by atoms with Crippen molar-refractivity contribution < 1.29 is 14.3 Å². The Morgan fingerprint density at radius 2 is 2.06 bits per heavy atom. The van der Waals surface area contributed by atoms with Gasteiger partial charge in [0.2, 0.25) is 0 Å². The highest BCUT2D eigenvalue weighted by atomic mass is 16.5. The van der Waals surface area contributed by atoms with Gasteiger partial charge in [0.05, 0.1) is 13.7 Å². The summed E-state index contributed by atoms with van der Waals surface area (Å²) in [7, 11) is 1.61. The van der Waals surface area contributed by atoms with E-state index < -0.39 is 0 Å². The first-order valence-corrected chi connectivity index (χ1v) is 6.02. The molecular weight excluding hydrogens is 228 g/mol. The van der Waals surface area contributed by atoms with Crippen molar-refractivity contribution in [3.63, 3.8) is 0 Å². The number of rotatable bonds is 6. The number of methoxy groups -OCH3 is 1. The highest BCUT2D eigenvalue weighted by Crippen LogP contribution is 2.28. The monoisotopic (exact) mass is 248 g/mol. The Bertz CT molecular complexity index is 433. The third kappa shape index (κ3) is 4.62. The molecule has 0 radical (unpaired) electrons. The van der Waals surface area contributed by atoms with Crippen molar-refractivity contribution in [1.29, 1.82) is 0 Å². The molecule has 0 saturated heterocycles. The third-order valence-corrected chi connectivity index (χ3v) is 2.27. The van der Waals surface area contributed by atoms with Gasteiger partial charge in [-0.3, -0.25) is 4.79 Å². The molecular formula is C15H20O3. The van der Waals surface area contributed by atoms with Crippen molar-refractivity contribution in [2.24, 2.45) is 5.92 Å². The van der Waals surface area contributed by atoms with Gasteiger partial charge in [0.25, 0.3) is 0 Å². The number of carbonyl (C=O) groups is 1. The average molecular weight is 248 g/mol. The molecule has 0 aliphatic carbocycles. The molecule has 0 N–H and O–H groups in total. The minimum absolute atomic E-state index is 0.0223. The number of allylic oxidation sites excluding steroid dienone is 1. The molecule has 0 atom stereocenters. The molecule has 18 heavy (non-hydrogen) atoms. The quantitative estimate of drug-likeness (QED) is 0.724. The largest absolute Gasteiger partial charge is 0.493 e. The van der Waals surface area contributed by atoms with Crippen LogP contribution in [0.15, 0.2) is 24.3 Å². The summed E-state index contributed by atoms with van der Waals surface area (Å²) in [5, 5.41) is 0. The van der Waals surface area contributed by atoms with Crippen LogP contribution < -0.4 is 9.47 Å². The van der Waals surface area contributed by atoms with Crippen LogP contribution in [0, 0.1) is 5.92 Å². The summed E-state index contributed by atoms with van der Waals surface area (Å²) in [6.45, 7) is 6.36. The molecule has 0 fully saturated rings. The van der Waals surface area contributed by atoms with Gasteiger partial charge in [-0.2, -0.15) is 0 Å². The van der Waals surface area contributed by atoms with Gasteiger partial charge in [0.1, 0.15) is 0 Å². The molecule has 0 aliphatic rings. The number of hydrogen-bond acceptors (Lipinski definition) is 3. The van der Waals surface area contributed by atoms with E-state index in [2.05, 4.69) is 13.8 Å². The van der Waals surface area contributed by atoms with Gasteiger partial charge < -0.3 is 9.47 Å². The molecule has 3 nitrogen and oxygen atoms in total. The lowest BCUT2D eigenvalue weighted by molar-refractivity contribution is -0.112. The lowest BCUT2D eigenvalue weighted by Gasteiger charge is -2.12. The van der Waals surface area contributed by atoms with Crippen LogP contribution in [0.5, 0.6) is 11.5 Å². The molecule has 0 aromatic heterocycles. The smallest absolute Gasteiger partial charge is 0.161 e. The van der Waals surface area contributed by atoms with Gasteiger partial charge in [-0.1, -0.05) is 26.0 Å². The van der Waals surface area contributed by atoms with Gasteiger partial charge in [-0.15, -0.1) is 0 Å². The summed E-state index contributed by atoms with van der Waals surface area (Å²) in [5.41, 5.74) is 0.916. The Balaban J connectivity index is 2.85. The van der Waals surface area contributed by atoms with Gasteiger partial charge >= 0.3 is 0 Å². The van der Waals surface area contributed by atoms with E-state index >= 15 is 0 Å². The number of ether oxygens (including phenoxy) is 2. The molecule has 3 heteroatoms. The minimum atomic E-state index is 0.0223. The standard InChI is InChI=1S/C15H20O3/c1-11(2)10-18-14-8-7-13(6-5-12(3)16)9-15(14)17-4/h5-9,11H,10H2,1-4H3/b6-5+. The van der Waals surface area contributed by atoms with E-state index in [9.17, 15) is 4.79 Å². The molecule has 1 aromatic rings. The Morgan fingerprint density at radius 1 is 1.33 bits per heavy atom. The predicted molar refractivity (Wildman–Crippen MR) is 73.0 cm³/mol. The van der Waals surface area contributed by atoms with E-state index in [1.807, 2.05) is 18.2 Å². The van der Waals surface area contributed by atoms with E-state index in [0.717, 1.165) is 11.3 Å². The maximum atomic E-state index is 10.9. The molecule has 0 aliphatic heterocycles. The average Bonchev–Trinajstić information content (AvgIpc) is 2.34. The zero-order valence-corrected chi connectivity index (χ0v) is 11.4. The van der Waals surface area contributed by atoms with E-state index in [-0.39, 0.29) is 5.78 Å². The van der Waals surface area contributed by atoms with Crippen molar-refractivity contribution in [3.05, 3.63) is 29.8 Å². The highest BCUT2D eigenvalue weighted by molar-refractivity contribution is 5.91. The Kier molecular flexibility index (Phi) is 5.43. The summed E-state index contributed by atoms with van der Waals surface area (Å²) >= 11 is 0. The second kappa shape index (κ2) is 6.84. The lowest BCUT2D eigenvalue weighted by Crippen LogP contribution is -2.05. The van der Waals surface area contributed by atoms with Crippen LogP contribution in [0.25, 0.3) is 6.08 Å². The zero-order chi connectivity index (χ0) is 13.5. The molecule has 1 rings (SSSR count). The predicted octanol–water partition coefficient (Wildman–Crippen LogP) is 3.33. The van der Waals surface area contributed by atoms with Crippen LogP contribution in [0.2, 0.25) is 0 Å². The summed E-state index contributed by atoms with van der Waals surface area (Å²) in [6.07, 6.45) is 3.29. The zero-order valence-electron chi connectivity index (χ0n) is 11.4. The second-order valence-electron chi connectivity index (χ2n) is 4.56. The Labute approximate surface area is 108 Å². The first-order chi connectivity index (χ1) is 8.52. The highest BCUT2D eigenvalue weighted by Gasteiger charge is 2.05.